The normalized spacial score (nSPS) is 11.3. The molecule has 0 aliphatic heterocycles. The molecule has 2 rings (SSSR count). The fraction of sp³-hybridized carbons (Fsp3) is 0.250. The summed E-state index contributed by atoms with van der Waals surface area (Å²) < 4.78 is 33.4. The van der Waals surface area contributed by atoms with Gasteiger partial charge in [0.1, 0.15) is 10.6 Å². The van der Waals surface area contributed by atoms with Crippen molar-refractivity contribution in [2.24, 2.45) is 0 Å². The Morgan fingerprint density at radius 3 is 2.48 bits per heavy atom. The highest BCUT2D eigenvalue weighted by Gasteiger charge is 2.22. The largest absolute Gasteiger partial charge is 0.492 e. The molecule has 23 heavy (non-hydrogen) atoms. The zero-order valence-electron chi connectivity index (χ0n) is 13.0. The van der Waals surface area contributed by atoms with Gasteiger partial charge in [-0.3, -0.25) is 4.72 Å². The molecule has 0 amide bonds. The quantitative estimate of drug-likeness (QED) is 0.817. The van der Waals surface area contributed by atoms with Gasteiger partial charge in [-0.2, -0.15) is 0 Å². The molecule has 0 aliphatic carbocycles. The van der Waals surface area contributed by atoms with E-state index < -0.39 is 10.0 Å². The lowest BCUT2D eigenvalue weighted by Gasteiger charge is -2.15. The molecule has 7 heteroatoms. The van der Waals surface area contributed by atoms with Gasteiger partial charge < -0.3 is 4.74 Å². The van der Waals surface area contributed by atoms with Gasteiger partial charge >= 0.3 is 0 Å². The topological polar surface area (TPSA) is 55.4 Å². The molecule has 0 bridgehead atoms. The summed E-state index contributed by atoms with van der Waals surface area (Å²) in [4.78, 5) is -0.00525. The van der Waals surface area contributed by atoms with Gasteiger partial charge in [-0.25, -0.2) is 8.42 Å². The van der Waals surface area contributed by atoms with Gasteiger partial charge in [0, 0.05) is 10.0 Å². The van der Waals surface area contributed by atoms with Crippen LogP contribution in [-0.4, -0.2) is 15.0 Å². The minimum Gasteiger partial charge on any atom is -0.492 e. The number of benzene rings is 2. The Labute approximate surface area is 146 Å². The van der Waals surface area contributed by atoms with E-state index in [9.17, 15) is 8.42 Å². The number of anilines is 1. The predicted octanol–water partition coefficient (Wildman–Crippen LogP) is 4.81. The third-order valence-corrected chi connectivity index (χ3v) is 5.53. The number of nitrogens with one attached hydrogen (secondary N) is 1. The molecule has 0 aliphatic rings. The number of hydrogen-bond donors (Lipinski definition) is 1. The van der Waals surface area contributed by atoms with Crippen molar-refractivity contribution in [3.63, 3.8) is 0 Å². The van der Waals surface area contributed by atoms with E-state index in [1.807, 2.05) is 0 Å². The number of sulfonamides is 1. The Morgan fingerprint density at radius 2 is 1.83 bits per heavy atom. The highest BCUT2D eigenvalue weighted by molar-refractivity contribution is 7.92. The van der Waals surface area contributed by atoms with Crippen LogP contribution in [0.1, 0.15) is 18.1 Å². The van der Waals surface area contributed by atoms with E-state index in [1.165, 1.54) is 6.07 Å². The Kier molecular flexibility index (Phi) is 5.45. The minimum atomic E-state index is -3.86. The second kappa shape index (κ2) is 6.99. The average Bonchev–Trinajstić information content (AvgIpc) is 2.47. The molecular formula is C16H17Cl2NO3S. The first-order valence-electron chi connectivity index (χ1n) is 6.97. The molecule has 0 fully saturated rings. The molecule has 1 N–H and O–H groups in total. The van der Waals surface area contributed by atoms with Crippen LogP contribution in [0.3, 0.4) is 0 Å². The van der Waals surface area contributed by atoms with E-state index in [0.717, 1.165) is 5.56 Å². The highest BCUT2D eigenvalue weighted by atomic mass is 35.5. The Hall–Kier alpha value is -1.43. The van der Waals surface area contributed by atoms with Gasteiger partial charge in [0.15, 0.2) is 0 Å². The van der Waals surface area contributed by atoms with Crippen molar-refractivity contribution < 1.29 is 13.2 Å². The van der Waals surface area contributed by atoms with Crippen LogP contribution in [0, 0.1) is 13.8 Å². The molecule has 0 heterocycles. The van der Waals surface area contributed by atoms with E-state index in [2.05, 4.69) is 4.72 Å². The monoisotopic (exact) mass is 373 g/mol. The number of rotatable bonds is 5. The zero-order valence-corrected chi connectivity index (χ0v) is 15.3. The summed E-state index contributed by atoms with van der Waals surface area (Å²) in [5, 5.41) is 0.841. The lowest BCUT2D eigenvalue weighted by Crippen LogP contribution is -2.15. The molecule has 0 radical (unpaired) electrons. The van der Waals surface area contributed by atoms with E-state index in [-0.39, 0.29) is 10.6 Å². The van der Waals surface area contributed by atoms with Crippen molar-refractivity contribution in [1.82, 2.24) is 0 Å². The molecule has 0 spiro atoms. The van der Waals surface area contributed by atoms with Gasteiger partial charge in [-0.1, -0.05) is 29.3 Å². The number of halogens is 2. The van der Waals surface area contributed by atoms with Crippen LogP contribution < -0.4 is 9.46 Å². The average molecular weight is 374 g/mol. The fourth-order valence-electron chi connectivity index (χ4n) is 2.03. The number of aryl methyl sites for hydroxylation is 1. The van der Waals surface area contributed by atoms with Gasteiger partial charge in [0.05, 0.1) is 12.3 Å². The molecule has 0 saturated heterocycles. The SMILES string of the molecule is CCOc1cc(C)c(Cl)cc1S(=O)(=O)Nc1cccc(Cl)c1C. The van der Waals surface area contributed by atoms with E-state index in [4.69, 9.17) is 27.9 Å². The molecule has 0 unspecified atom stereocenters. The van der Waals surface area contributed by atoms with Gasteiger partial charge in [0.25, 0.3) is 10.0 Å². The van der Waals surface area contributed by atoms with Crippen molar-refractivity contribution in [3.8, 4) is 5.75 Å². The lowest BCUT2D eigenvalue weighted by atomic mass is 10.2. The summed E-state index contributed by atoms with van der Waals surface area (Å²) in [6.45, 7) is 5.66. The second-order valence-corrected chi connectivity index (χ2v) is 7.46. The Bertz CT molecular complexity index is 835. The number of ether oxygens (including phenoxy) is 1. The zero-order chi connectivity index (χ0) is 17.2. The van der Waals surface area contributed by atoms with Crippen molar-refractivity contribution in [2.75, 3.05) is 11.3 Å². The van der Waals surface area contributed by atoms with E-state index in [1.54, 1.807) is 45.0 Å². The third-order valence-electron chi connectivity index (χ3n) is 3.33. The fourth-order valence-corrected chi connectivity index (χ4v) is 3.71. The highest BCUT2D eigenvalue weighted by Crippen LogP contribution is 2.33. The van der Waals surface area contributed by atoms with Crippen LogP contribution in [0.2, 0.25) is 10.0 Å². The summed E-state index contributed by atoms with van der Waals surface area (Å²) in [5.74, 6) is 0.265. The van der Waals surface area contributed by atoms with Crippen molar-refractivity contribution >= 4 is 38.9 Å². The van der Waals surface area contributed by atoms with Crippen LogP contribution in [0.25, 0.3) is 0 Å². The summed E-state index contributed by atoms with van der Waals surface area (Å²) in [7, 11) is -3.86. The maximum absolute atomic E-state index is 12.7. The Morgan fingerprint density at radius 1 is 1.13 bits per heavy atom. The minimum absolute atomic E-state index is 0.00525. The molecular weight excluding hydrogens is 357 g/mol. The van der Waals surface area contributed by atoms with E-state index >= 15 is 0 Å². The lowest BCUT2D eigenvalue weighted by molar-refractivity contribution is 0.331. The smallest absolute Gasteiger partial charge is 0.265 e. The summed E-state index contributed by atoms with van der Waals surface area (Å²) in [6.07, 6.45) is 0. The molecule has 2 aromatic rings. The summed E-state index contributed by atoms with van der Waals surface area (Å²) >= 11 is 12.1. The maximum atomic E-state index is 12.7. The Balaban J connectivity index is 2.51. The van der Waals surface area contributed by atoms with Crippen LogP contribution in [0.5, 0.6) is 5.75 Å². The van der Waals surface area contributed by atoms with Crippen LogP contribution >= 0.6 is 23.2 Å². The molecule has 2 aromatic carbocycles. The van der Waals surface area contributed by atoms with Gasteiger partial charge in [-0.15, -0.1) is 0 Å². The molecule has 0 aromatic heterocycles. The molecule has 0 saturated carbocycles. The second-order valence-electron chi connectivity index (χ2n) is 5.00. The van der Waals surface area contributed by atoms with Crippen molar-refractivity contribution in [1.29, 1.82) is 0 Å². The summed E-state index contributed by atoms with van der Waals surface area (Å²) in [5.41, 5.74) is 1.80. The summed E-state index contributed by atoms with van der Waals surface area (Å²) in [6, 6.07) is 8.03. The number of hydrogen-bond acceptors (Lipinski definition) is 3. The van der Waals surface area contributed by atoms with Gasteiger partial charge in [0.2, 0.25) is 0 Å². The third kappa shape index (κ3) is 3.91. The molecule has 124 valence electrons. The van der Waals surface area contributed by atoms with Crippen molar-refractivity contribution in [2.45, 2.75) is 25.7 Å². The maximum Gasteiger partial charge on any atom is 0.265 e. The van der Waals surface area contributed by atoms with Crippen molar-refractivity contribution in [3.05, 3.63) is 51.5 Å². The first kappa shape index (κ1) is 17.9. The van der Waals surface area contributed by atoms with Crippen LogP contribution in [0.4, 0.5) is 5.69 Å². The first-order chi connectivity index (χ1) is 10.8. The molecule has 0 atom stereocenters. The first-order valence-corrected chi connectivity index (χ1v) is 9.21. The predicted molar refractivity (Wildman–Crippen MR) is 94.4 cm³/mol. The van der Waals surface area contributed by atoms with E-state index in [0.29, 0.717) is 27.9 Å². The standard InChI is InChI=1S/C16H17Cl2NO3S/c1-4-22-15-8-10(2)13(18)9-16(15)23(20,21)19-14-7-5-6-12(17)11(14)3/h5-9,19H,4H2,1-3H3. The van der Waals surface area contributed by atoms with Crippen LogP contribution in [0.15, 0.2) is 35.2 Å². The molecule has 4 nitrogen and oxygen atoms in total. The van der Waals surface area contributed by atoms with Gasteiger partial charge in [-0.05, 0) is 56.2 Å². The van der Waals surface area contributed by atoms with Crippen LogP contribution in [-0.2, 0) is 10.0 Å².